The molecule has 3 aromatic carbocycles. The first kappa shape index (κ1) is 39.4. The zero-order chi connectivity index (χ0) is 39.2. The number of ether oxygens (including phenoxy) is 1. The molecule has 0 radical (unpaired) electrons. The highest BCUT2D eigenvalue weighted by molar-refractivity contribution is 7.98. The van der Waals surface area contributed by atoms with E-state index in [1.54, 1.807) is 18.2 Å². The van der Waals surface area contributed by atoms with Crippen LogP contribution in [0.15, 0.2) is 54.7 Å². The molecule has 3 fully saturated rings. The average Bonchev–Trinajstić information content (AvgIpc) is 3.21. The summed E-state index contributed by atoms with van der Waals surface area (Å²) in [7, 11) is 1.91. The van der Waals surface area contributed by atoms with E-state index in [1.807, 2.05) is 36.6 Å². The van der Waals surface area contributed by atoms with Crippen LogP contribution in [0.3, 0.4) is 0 Å². The van der Waals surface area contributed by atoms with E-state index in [-0.39, 0.29) is 41.3 Å². The molecule has 2 amide bonds. The number of carbonyl (C=O) groups excluding carboxylic acids is 2. The Hall–Kier alpha value is -4.84. The summed E-state index contributed by atoms with van der Waals surface area (Å²) in [5.74, 6) is -0.495. The highest BCUT2D eigenvalue weighted by Gasteiger charge is 2.31. The van der Waals surface area contributed by atoms with Crippen LogP contribution in [0, 0.1) is 28.9 Å². The summed E-state index contributed by atoms with van der Waals surface area (Å²) in [6, 6.07) is 15.3. The largest absolute Gasteiger partial charge is 0.453 e. The number of fused-ring (bicyclic) bond motifs is 1. The van der Waals surface area contributed by atoms with Crippen molar-refractivity contribution in [1.29, 1.82) is 5.26 Å². The Labute approximate surface area is 330 Å². The molecule has 2 aliphatic heterocycles. The number of carbonyl (C=O) groups is 2. The van der Waals surface area contributed by atoms with Gasteiger partial charge < -0.3 is 19.7 Å². The molecule has 1 atom stereocenters. The fraction of sp³-hybridized carbons (Fsp3) is 0.452. The molecule has 1 aromatic heterocycles. The second-order valence-corrected chi connectivity index (χ2v) is 16.1. The minimum absolute atomic E-state index is 0.0845. The van der Waals surface area contributed by atoms with Crippen molar-refractivity contribution in [3.8, 4) is 17.6 Å². The van der Waals surface area contributed by atoms with Crippen LogP contribution in [0.25, 0.3) is 11.0 Å². The number of amides is 2. The number of imide groups is 1. The van der Waals surface area contributed by atoms with Crippen LogP contribution in [0.1, 0.15) is 87.4 Å². The molecule has 0 bridgehead atoms. The highest BCUT2D eigenvalue weighted by atomic mass is 32.2. The van der Waals surface area contributed by atoms with Crippen LogP contribution in [0.4, 0.5) is 20.2 Å². The molecule has 56 heavy (non-hydrogen) atoms. The van der Waals surface area contributed by atoms with Gasteiger partial charge in [0.05, 0.1) is 22.4 Å². The van der Waals surface area contributed by atoms with Gasteiger partial charge in [-0.1, -0.05) is 13.0 Å². The van der Waals surface area contributed by atoms with Crippen LogP contribution in [0.2, 0.25) is 0 Å². The molecule has 0 spiro atoms. The second-order valence-electron chi connectivity index (χ2n) is 15.1. The van der Waals surface area contributed by atoms with Gasteiger partial charge in [-0.3, -0.25) is 19.9 Å². The van der Waals surface area contributed by atoms with Crippen molar-refractivity contribution in [2.45, 2.75) is 89.1 Å². The number of halogens is 2. The fourth-order valence-electron chi connectivity index (χ4n) is 8.07. The van der Waals surface area contributed by atoms with E-state index in [9.17, 15) is 19.2 Å². The molecular weight excluding hydrogens is 735 g/mol. The average molecular weight is 783 g/mol. The molecule has 3 aliphatic rings. The van der Waals surface area contributed by atoms with Gasteiger partial charge in [0.15, 0.2) is 11.6 Å². The molecule has 14 heteroatoms. The number of hydrogen-bond donors (Lipinski definition) is 3. The molecule has 3 heterocycles. The normalized spacial score (nSPS) is 20.8. The Kier molecular flexibility index (Phi) is 12.6. The number of hydrogen-bond acceptors (Lipinski definition) is 11. The van der Waals surface area contributed by atoms with Gasteiger partial charge in [-0.2, -0.15) is 5.26 Å². The number of rotatable bonds is 13. The van der Waals surface area contributed by atoms with Crippen LogP contribution in [0.5, 0.6) is 11.5 Å². The minimum Gasteiger partial charge on any atom is -0.453 e. The van der Waals surface area contributed by atoms with Crippen molar-refractivity contribution in [1.82, 2.24) is 24.5 Å². The topological polar surface area (TPSA) is 136 Å². The third kappa shape index (κ3) is 9.40. The van der Waals surface area contributed by atoms with E-state index in [0.717, 1.165) is 82.3 Å². The lowest BCUT2D eigenvalue weighted by atomic mass is 9.80. The van der Waals surface area contributed by atoms with Gasteiger partial charge in [-0.25, -0.2) is 18.1 Å². The SMILES string of the molecule is CCN(C)SNc1ccc(F)c(Oc2ccc3ncc(CCC4CCN(C5CCC(c6ccc(NC7CCC(=O)NC7=O)cc6F)CC5)CC4)nc3c2)c1C#N. The Morgan fingerprint density at radius 1 is 1.00 bits per heavy atom. The first-order chi connectivity index (χ1) is 27.2. The molecule has 7 rings (SSSR count). The van der Waals surface area contributed by atoms with Crippen molar-refractivity contribution in [2.24, 2.45) is 5.92 Å². The number of nitriles is 1. The summed E-state index contributed by atoms with van der Waals surface area (Å²) in [4.78, 5) is 35.7. The van der Waals surface area contributed by atoms with Crippen molar-refractivity contribution >= 4 is 46.4 Å². The number of nitrogens with zero attached hydrogens (tertiary/aromatic N) is 5. The van der Waals surface area contributed by atoms with Crippen molar-refractivity contribution in [3.05, 3.63) is 83.2 Å². The van der Waals surface area contributed by atoms with E-state index in [4.69, 9.17) is 9.72 Å². The zero-order valence-electron chi connectivity index (χ0n) is 31.8. The Balaban J connectivity index is 0.881. The molecule has 1 saturated carbocycles. The molecule has 1 aliphatic carbocycles. The van der Waals surface area contributed by atoms with Crippen molar-refractivity contribution in [3.63, 3.8) is 0 Å². The Morgan fingerprint density at radius 3 is 2.54 bits per heavy atom. The minimum atomic E-state index is -0.625. The highest BCUT2D eigenvalue weighted by Crippen LogP contribution is 2.39. The fourth-order valence-corrected chi connectivity index (χ4v) is 8.62. The van der Waals surface area contributed by atoms with E-state index < -0.39 is 11.9 Å². The van der Waals surface area contributed by atoms with Crippen LogP contribution < -0.4 is 20.1 Å². The maximum Gasteiger partial charge on any atom is 0.249 e. The van der Waals surface area contributed by atoms with E-state index in [0.29, 0.717) is 46.5 Å². The summed E-state index contributed by atoms with van der Waals surface area (Å²) >= 11 is 1.32. The summed E-state index contributed by atoms with van der Waals surface area (Å²) in [6.07, 6.45) is 10.6. The first-order valence-corrected chi connectivity index (χ1v) is 20.4. The van der Waals surface area contributed by atoms with Crippen LogP contribution in [-0.2, 0) is 16.0 Å². The summed E-state index contributed by atoms with van der Waals surface area (Å²) < 4.78 is 41.2. The van der Waals surface area contributed by atoms with E-state index in [2.05, 4.69) is 31.3 Å². The van der Waals surface area contributed by atoms with Crippen LogP contribution in [-0.4, -0.2) is 69.8 Å². The number of aryl methyl sites for hydroxylation is 1. The maximum absolute atomic E-state index is 15.3. The van der Waals surface area contributed by atoms with Gasteiger partial charge in [-0.15, -0.1) is 0 Å². The quantitative estimate of drug-likeness (QED) is 0.0898. The lowest BCUT2D eigenvalue weighted by Crippen LogP contribution is -2.47. The third-order valence-corrected chi connectivity index (χ3v) is 12.3. The summed E-state index contributed by atoms with van der Waals surface area (Å²) in [6.45, 7) is 4.91. The van der Waals surface area contributed by atoms with E-state index in [1.165, 1.54) is 30.3 Å². The zero-order valence-corrected chi connectivity index (χ0v) is 32.6. The second kappa shape index (κ2) is 18.0. The standard InChI is InChI=1S/C42H48F2N8O3S/c1-3-51(2)56-50-36-15-13-34(43)41(33(36)24-45)55-31-11-14-37-39(23-31)48-29(25-46-37)7-4-26-18-20-52(21-19-26)30-9-5-27(6-10-30)32-12-8-28(22-35(32)44)47-38-16-17-40(53)49-42(38)54/h8,11-15,22-23,25-27,30,38,47,50H,3-7,9-10,16-21H2,1-2H3,(H,49,53,54). The molecule has 11 nitrogen and oxygen atoms in total. The first-order valence-electron chi connectivity index (χ1n) is 19.6. The van der Waals surface area contributed by atoms with Gasteiger partial charge >= 0.3 is 0 Å². The molecule has 2 saturated heterocycles. The molecule has 3 N–H and O–H groups in total. The molecule has 1 unspecified atom stereocenters. The molecule has 294 valence electrons. The monoisotopic (exact) mass is 782 g/mol. The summed E-state index contributed by atoms with van der Waals surface area (Å²) in [5, 5.41) is 15.3. The number of nitrogens with one attached hydrogen (secondary N) is 3. The molecular formula is C42H48F2N8O3S. The number of piperidine rings is 2. The van der Waals surface area contributed by atoms with Gasteiger partial charge in [0.25, 0.3) is 0 Å². The number of aromatic nitrogens is 2. The number of anilines is 2. The predicted molar refractivity (Wildman–Crippen MR) is 214 cm³/mol. The van der Waals surface area contributed by atoms with Gasteiger partial charge in [0.2, 0.25) is 11.8 Å². The van der Waals surface area contributed by atoms with Crippen molar-refractivity contribution < 1.29 is 23.1 Å². The predicted octanol–water partition coefficient (Wildman–Crippen LogP) is 8.09. The smallest absolute Gasteiger partial charge is 0.249 e. The van der Waals surface area contributed by atoms with E-state index >= 15 is 4.39 Å². The lowest BCUT2D eigenvalue weighted by molar-refractivity contribution is -0.133. The van der Waals surface area contributed by atoms with Gasteiger partial charge in [-0.05, 0) is 132 Å². The molecule has 4 aromatic rings. The maximum atomic E-state index is 15.3. The number of benzene rings is 3. The van der Waals surface area contributed by atoms with Gasteiger partial charge in [0.1, 0.15) is 29.2 Å². The van der Waals surface area contributed by atoms with Crippen LogP contribution >= 0.6 is 12.1 Å². The Morgan fingerprint density at radius 2 is 1.80 bits per heavy atom. The lowest BCUT2D eigenvalue weighted by Gasteiger charge is -2.41. The van der Waals surface area contributed by atoms with Crippen molar-refractivity contribution in [2.75, 3.05) is 36.7 Å². The third-order valence-electron chi connectivity index (χ3n) is 11.5. The summed E-state index contributed by atoms with van der Waals surface area (Å²) in [5.41, 5.74) is 4.11. The Bertz CT molecular complexity index is 2100. The van der Waals surface area contributed by atoms with Gasteiger partial charge in [0, 0.05) is 49.1 Å². The number of likely N-dealkylation sites (tertiary alicyclic amines) is 1.